The lowest BCUT2D eigenvalue weighted by Gasteiger charge is -2.09. The zero-order chi connectivity index (χ0) is 15.7. The van der Waals surface area contributed by atoms with E-state index in [9.17, 15) is 13.2 Å². The summed E-state index contributed by atoms with van der Waals surface area (Å²) in [5, 5.41) is 4.41. The third kappa shape index (κ3) is 3.15. The first-order valence-electron chi connectivity index (χ1n) is 6.80. The van der Waals surface area contributed by atoms with Crippen LogP contribution in [0.1, 0.15) is 18.1 Å². The van der Waals surface area contributed by atoms with Crippen molar-refractivity contribution in [1.29, 1.82) is 0 Å². The lowest BCUT2D eigenvalue weighted by molar-refractivity contribution is 0.123. The molecule has 116 valence electrons. The minimum Gasteiger partial charge on any atom is -0.446 e. The average molecular weight is 337 g/mol. The molecule has 1 aromatic heterocycles. The molecule has 1 unspecified atom stereocenters. The molecule has 22 heavy (non-hydrogen) atoms. The summed E-state index contributed by atoms with van der Waals surface area (Å²) in [6.45, 7) is 1.81. The van der Waals surface area contributed by atoms with Crippen LogP contribution in [0.25, 0.3) is 0 Å². The van der Waals surface area contributed by atoms with Gasteiger partial charge in [0.1, 0.15) is 10.3 Å². The number of amides is 1. The van der Waals surface area contributed by atoms with E-state index in [4.69, 9.17) is 4.74 Å². The molecule has 5 nitrogen and oxygen atoms in total. The molecule has 1 aliphatic rings. The van der Waals surface area contributed by atoms with Crippen molar-refractivity contribution in [3.8, 4) is 0 Å². The first-order chi connectivity index (χ1) is 10.4. The second-order valence-corrected chi connectivity index (χ2v) is 8.39. The highest BCUT2D eigenvalue weighted by molar-refractivity contribution is 7.92. The molecule has 2 heterocycles. The van der Waals surface area contributed by atoms with E-state index >= 15 is 0 Å². The minimum absolute atomic E-state index is 0.0516. The van der Waals surface area contributed by atoms with Crippen LogP contribution in [-0.2, 0) is 26.7 Å². The van der Waals surface area contributed by atoms with Crippen molar-refractivity contribution in [2.45, 2.75) is 29.4 Å². The van der Waals surface area contributed by atoms with E-state index in [1.807, 2.05) is 13.0 Å². The van der Waals surface area contributed by atoms with E-state index in [0.717, 1.165) is 5.56 Å². The SMILES string of the molecule is CC1Cc2cc(CS(=O)(=O)c3cccs3)ccc2NC(=O)O1. The quantitative estimate of drug-likeness (QED) is 0.933. The van der Waals surface area contributed by atoms with Crippen molar-refractivity contribution in [2.24, 2.45) is 0 Å². The van der Waals surface area contributed by atoms with Crippen molar-refractivity contribution < 1.29 is 17.9 Å². The molecule has 2 aromatic rings. The minimum atomic E-state index is -3.33. The molecule has 0 aliphatic carbocycles. The monoisotopic (exact) mass is 337 g/mol. The van der Waals surface area contributed by atoms with Gasteiger partial charge in [-0.15, -0.1) is 11.3 Å². The summed E-state index contributed by atoms with van der Waals surface area (Å²) in [4.78, 5) is 11.5. The van der Waals surface area contributed by atoms with E-state index in [1.165, 1.54) is 11.3 Å². The van der Waals surface area contributed by atoms with Crippen LogP contribution >= 0.6 is 11.3 Å². The van der Waals surface area contributed by atoms with Gasteiger partial charge in [-0.3, -0.25) is 5.32 Å². The molecule has 0 spiro atoms. The molecule has 7 heteroatoms. The fraction of sp³-hybridized carbons (Fsp3) is 0.267. The van der Waals surface area contributed by atoms with Crippen LogP contribution in [0.3, 0.4) is 0 Å². The van der Waals surface area contributed by atoms with Gasteiger partial charge in [-0.2, -0.15) is 0 Å². The normalized spacial score (nSPS) is 18.0. The van der Waals surface area contributed by atoms with Gasteiger partial charge in [-0.1, -0.05) is 18.2 Å². The average Bonchev–Trinajstić information content (AvgIpc) is 2.91. The Balaban J connectivity index is 1.89. The smallest absolute Gasteiger partial charge is 0.411 e. The largest absolute Gasteiger partial charge is 0.446 e. The molecule has 1 aromatic carbocycles. The summed E-state index contributed by atoms with van der Waals surface area (Å²) in [5.41, 5.74) is 2.26. The highest BCUT2D eigenvalue weighted by Gasteiger charge is 2.21. The fourth-order valence-electron chi connectivity index (χ4n) is 2.43. The van der Waals surface area contributed by atoms with Gasteiger partial charge in [-0.25, -0.2) is 13.2 Å². The Morgan fingerprint density at radius 2 is 2.18 bits per heavy atom. The Bertz CT molecular complexity index is 797. The number of rotatable bonds is 3. The summed E-state index contributed by atoms with van der Waals surface area (Å²) < 4.78 is 30.2. The summed E-state index contributed by atoms with van der Waals surface area (Å²) in [7, 11) is -3.33. The van der Waals surface area contributed by atoms with Gasteiger partial charge in [0.05, 0.1) is 5.75 Å². The van der Waals surface area contributed by atoms with Gasteiger partial charge in [-0.05, 0) is 35.6 Å². The zero-order valence-corrected chi connectivity index (χ0v) is 13.5. The first-order valence-corrected chi connectivity index (χ1v) is 9.33. The van der Waals surface area contributed by atoms with Crippen LogP contribution in [0.2, 0.25) is 0 Å². The molecule has 0 saturated heterocycles. The van der Waals surface area contributed by atoms with Crippen LogP contribution in [0.5, 0.6) is 0 Å². The predicted molar refractivity (Wildman–Crippen MR) is 84.9 cm³/mol. The number of nitrogens with one attached hydrogen (secondary N) is 1. The number of hydrogen-bond acceptors (Lipinski definition) is 5. The molecule has 1 amide bonds. The molecule has 3 rings (SSSR count). The van der Waals surface area contributed by atoms with Crippen molar-refractivity contribution in [3.05, 3.63) is 46.8 Å². The van der Waals surface area contributed by atoms with Crippen molar-refractivity contribution >= 4 is 33.0 Å². The first kappa shape index (κ1) is 15.1. The van der Waals surface area contributed by atoms with Crippen LogP contribution in [0.4, 0.5) is 10.5 Å². The van der Waals surface area contributed by atoms with Crippen molar-refractivity contribution in [1.82, 2.24) is 0 Å². The maximum Gasteiger partial charge on any atom is 0.411 e. The number of thiophene rings is 1. The van der Waals surface area contributed by atoms with Crippen LogP contribution in [0.15, 0.2) is 39.9 Å². The number of anilines is 1. The highest BCUT2D eigenvalue weighted by Crippen LogP contribution is 2.26. The molecule has 0 bridgehead atoms. The molecule has 0 radical (unpaired) electrons. The number of hydrogen-bond donors (Lipinski definition) is 1. The Morgan fingerprint density at radius 1 is 1.36 bits per heavy atom. The second-order valence-electron chi connectivity index (χ2n) is 5.23. The Morgan fingerprint density at radius 3 is 2.91 bits per heavy atom. The lowest BCUT2D eigenvalue weighted by atomic mass is 10.0. The Hall–Kier alpha value is -1.86. The van der Waals surface area contributed by atoms with Gasteiger partial charge >= 0.3 is 6.09 Å². The molecule has 0 fully saturated rings. The lowest BCUT2D eigenvalue weighted by Crippen LogP contribution is -2.17. The van der Waals surface area contributed by atoms with Crippen molar-refractivity contribution in [2.75, 3.05) is 5.32 Å². The maximum absolute atomic E-state index is 12.3. The van der Waals surface area contributed by atoms with Crippen LogP contribution in [-0.4, -0.2) is 20.6 Å². The van der Waals surface area contributed by atoms with E-state index in [1.54, 1.807) is 29.6 Å². The van der Waals surface area contributed by atoms with Gasteiger partial charge in [0.25, 0.3) is 0 Å². The Kier molecular flexibility index (Phi) is 3.92. The van der Waals surface area contributed by atoms with E-state index in [-0.39, 0.29) is 11.9 Å². The summed E-state index contributed by atoms with van der Waals surface area (Å²) in [6.07, 6.45) is -0.170. The number of sulfone groups is 1. The number of fused-ring (bicyclic) bond motifs is 1. The molecule has 1 aliphatic heterocycles. The molecular formula is C15H15NO4S2. The number of cyclic esters (lactones) is 1. The van der Waals surface area contributed by atoms with E-state index in [2.05, 4.69) is 5.32 Å². The molecule has 1 N–H and O–H groups in total. The highest BCUT2D eigenvalue weighted by atomic mass is 32.2. The molecule has 1 atom stereocenters. The summed E-state index contributed by atoms with van der Waals surface area (Å²) in [5.74, 6) is -0.0516. The molecule has 0 saturated carbocycles. The van der Waals surface area contributed by atoms with E-state index < -0.39 is 15.9 Å². The Labute approximate surface area is 132 Å². The van der Waals surface area contributed by atoms with Crippen molar-refractivity contribution in [3.63, 3.8) is 0 Å². The van der Waals surface area contributed by atoms with E-state index in [0.29, 0.717) is 21.9 Å². The third-order valence-corrected chi connectivity index (χ3v) is 6.55. The zero-order valence-electron chi connectivity index (χ0n) is 11.9. The summed E-state index contributed by atoms with van der Waals surface area (Å²) >= 11 is 1.22. The summed E-state index contributed by atoms with van der Waals surface area (Å²) in [6, 6.07) is 8.61. The van der Waals surface area contributed by atoms with Gasteiger partial charge in [0, 0.05) is 12.1 Å². The number of carbonyl (C=O) groups is 1. The van der Waals surface area contributed by atoms with Gasteiger partial charge < -0.3 is 4.74 Å². The number of ether oxygens (including phenoxy) is 1. The van der Waals surface area contributed by atoms with Crippen LogP contribution in [0, 0.1) is 0 Å². The topological polar surface area (TPSA) is 72.5 Å². The number of carbonyl (C=O) groups excluding carboxylic acids is 1. The van der Waals surface area contributed by atoms with Gasteiger partial charge in [0.2, 0.25) is 0 Å². The third-order valence-electron chi connectivity index (χ3n) is 3.38. The maximum atomic E-state index is 12.3. The number of benzene rings is 1. The standard InChI is InChI=1S/C15H15NO4S2/c1-10-7-12-8-11(4-5-13(12)16-15(17)20-10)9-22(18,19)14-3-2-6-21-14/h2-6,8,10H,7,9H2,1H3,(H,16,17). The van der Waals surface area contributed by atoms with Gasteiger partial charge in [0.15, 0.2) is 9.84 Å². The van der Waals surface area contributed by atoms with Crippen LogP contribution < -0.4 is 5.32 Å². The second kappa shape index (κ2) is 5.73. The predicted octanol–water partition coefficient (Wildman–Crippen LogP) is 3.22. The molecular weight excluding hydrogens is 322 g/mol. The fourth-order valence-corrected chi connectivity index (χ4v) is 4.86.